The molecule has 0 amide bonds. The molecule has 2 aromatic rings. The first-order valence-electron chi connectivity index (χ1n) is 5.43. The maximum Gasteiger partial charge on any atom is 0.416 e. The van der Waals surface area contributed by atoms with Crippen LogP contribution in [0, 0.1) is 0 Å². The normalized spacial score (nSPS) is 13.3. The zero-order chi connectivity index (χ0) is 13.9. The second-order valence-electron chi connectivity index (χ2n) is 3.86. The fraction of sp³-hybridized carbons (Fsp3) is 0.167. The average Bonchev–Trinajstić information content (AvgIpc) is 2.40. The van der Waals surface area contributed by atoms with E-state index in [2.05, 4.69) is 15.6 Å². The quantitative estimate of drug-likeness (QED) is 0.660. The summed E-state index contributed by atoms with van der Waals surface area (Å²) in [5, 5.41) is 7.23. The highest BCUT2D eigenvalue weighted by molar-refractivity contribution is 5.37. The lowest BCUT2D eigenvalue weighted by molar-refractivity contribution is -0.138. The van der Waals surface area contributed by atoms with Crippen molar-refractivity contribution in [3.63, 3.8) is 0 Å². The Balaban J connectivity index is 2.51. The largest absolute Gasteiger partial charge is 0.416 e. The number of aromatic nitrogens is 2. The molecule has 0 aliphatic heterocycles. The SMILES string of the molecule is NNC(c1ccnnc1)c1ccccc1C(F)(F)F. The van der Waals surface area contributed by atoms with Crippen LogP contribution in [0.3, 0.4) is 0 Å². The van der Waals surface area contributed by atoms with Crippen molar-refractivity contribution in [3.8, 4) is 0 Å². The van der Waals surface area contributed by atoms with Gasteiger partial charge in [-0.2, -0.15) is 23.4 Å². The van der Waals surface area contributed by atoms with Crippen LogP contribution in [0.5, 0.6) is 0 Å². The minimum Gasteiger partial charge on any atom is -0.271 e. The van der Waals surface area contributed by atoms with Crippen LogP contribution in [0.2, 0.25) is 0 Å². The van der Waals surface area contributed by atoms with Gasteiger partial charge in [0.1, 0.15) is 0 Å². The van der Waals surface area contributed by atoms with Crippen LogP contribution in [0.25, 0.3) is 0 Å². The molecule has 4 nitrogen and oxygen atoms in total. The molecule has 0 fully saturated rings. The van der Waals surface area contributed by atoms with Crippen molar-refractivity contribution in [1.29, 1.82) is 0 Å². The van der Waals surface area contributed by atoms with Gasteiger partial charge in [0.25, 0.3) is 0 Å². The number of hydrogen-bond donors (Lipinski definition) is 2. The van der Waals surface area contributed by atoms with E-state index in [4.69, 9.17) is 5.84 Å². The third-order valence-corrected chi connectivity index (χ3v) is 2.68. The van der Waals surface area contributed by atoms with Gasteiger partial charge in [0.15, 0.2) is 0 Å². The molecule has 100 valence electrons. The number of halogens is 3. The van der Waals surface area contributed by atoms with Crippen molar-refractivity contribution >= 4 is 0 Å². The lowest BCUT2D eigenvalue weighted by atomic mass is 9.96. The second-order valence-corrected chi connectivity index (χ2v) is 3.86. The summed E-state index contributed by atoms with van der Waals surface area (Å²) >= 11 is 0. The minimum absolute atomic E-state index is 0.0468. The molecule has 0 radical (unpaired) electrons. The zero-order valence-corrected chi connectivity index (χ0v) is 9.72. The number of alkyl halides is 3. The topological polar surface area (TPSA) is 63.8 Å². The van der Waals surface area contributed by atoms with E-state index in [-0.39, 0.29) is 5.56 Å². The molecule has 0 bridgehead atoms. The van der Waals surface area contributed by atoms with E-state index in [0.717, 1.165) is 6.07 Å². The fourth-order valence-corrected chi connectivity index (χ4v) is 1.84. The summed E-state index contributed by atoms with van der Waals surface area (Å²) in [5.74, 6) is 5.38. The molecule has 0 aliphatic rings. The smallest absolute Gasteiger partial charge is 0.271 e. The lowest BCUT2D eigenvalue weighted by Gasteiger charge is -2.20. The molecule has 0 saturated carbocycles. The van der Waals surface area contributed by atoms with E-state index >= 15 is 0 Å². The number of hydrogen-bond acceptors (Lipinski definition) is 4. The Kier molecular flexibility index (Phi) is 3.77. The summed E-state index contributed by atoms with van der Waals surface area (Å²) in [5.41, 5.74) is 2.21. The van der Waals surface area contributed by atoms with Crippen molar-refractivity contribution in [2.24, 2.45) is 5.84 Å². The van der Waals surface area contributed by atoms with Crippen molar-refractivity contribution < 1.29 is 13.2 Å². The van der Waals surface area contributed by atoms with Crippen molar-refractivity contribution in [2.75, 3.05) is 0 Å². The Labute approximate surface area is 107 Å². The van der Waals surface area contributed by atoms with Gasteiger partial charge >= 0.3 is 6.18 Å². The Morgan fingerprint density at radius 2 is 1.84 bits per heavy atom. The molecule has 2 rings (SSSR count). The van der Waals surface area contributed by atoms with Crippen LogP contribution < -0.4 is 11.3 Å². The highest BCUT2D eigenvalue weighted by Crippen LogP contribution is 2.35. The molecule has 1 aromatic carbocycles. The van der Waals surface area contributed by atoms with E-state index in [1.165, 1.54) is 30.6 Å². The lowest BCUT2D eigenvalue weighted by Crippen LogP contribution is -2.30. The van der Waals surface area contributed by atoms with Gasteiger partial charge in [0, 0.05) is 6.20 Å². The monoisotopic (exact) mass is 268 g/mol. The van der Waals surface area contributed by atoms with Crippen LogP contribution in [-0.4, -0.2) is 10.2 Å². The van der Waals surface area contributed by atoms with Crippen LogP contribution >= 0.6 is 0 Å². The Bertz CT molecular complexity index is 542. The highest BCUT2D eigenvalue weighted by Gasteiger charge is 2.35. The molecule has 0 saturated heterocycles. The van der Waals surface area contributed by atoms with Crippen molar-refractivity contribution in [2.45, 2.75) is 12.2 Å². The summed E-state index contributed by atoms with van der Waals surface area (Å²) in [4.78, 5) is 0. The summed E-state index contributed by atoms with van der Waals surface area (Å²) in [6.45, 7) is 0. The number of nitrogens with two attached hydrogens (primary N) is 1. The van der Waals surface area contributed by atoms with Gasteiger partial charge in [-0.05, 0) is 23.3 Å². The predicted molar refractivity (Wildman–Crippen MR) is 62.6 cm³/mol. The first-order valence-corrected chi connectivity index (χ1v) is 5.43. The molecule has 3 N–H and O–H groups in total. The third-order valence-electron chi connectivity index (χ3n) is 2.68. The molecule has 1 aromatic heterocycles. The van der Waals surface area contributed by atoms with Crippen LogP contribution in [-0.2, 0) is 6.18 Å². The summed E-state index contributed by atoms with van der Waals surface area (Å²) in [6, 6.07) is 6.04. The molecule has 19 heavy (non-hydrogen) atoms. The van der Waals surface area contributed by atoms with Gasteiger partial charge in [-0.1, -0.05) is 18.2 Å². The van der Waals surface area contributed by atoms with Crippen LogP contribution in [0.15, 0.2) is 42.7 Å². The standard InChI is InChI=1S/C12H11F3N4/c13-12(14,15)10-4-2-1-3-9(10)11(19-16)8-5-6-17-18-7-8/h1-7,11,19H,16H2. The molecule has 0 spiro atoms. The minimum atomic E-state index is -4.44. The van der Waals surface area contributed by atoms with Gasteiger partial charge in [0.2, 0.25) is 0 Å². The van der Waals surface area contributed by atoms with E-state index < -0.39 is 17.8 Å². The van der Waals surface area contributed by atoms with Crippen LogP contribution in [0.4, 0.5) is 13.2 Å². The first kappa shape index (κ1) is 13.4. The van der Waals surface area contributed by atoms with Gasteiger partial charge < -0.3 is 0 Å². The highest BCUT2D eigenvalue weighted by atomic mass is 19.4. The molecule has 1 heterocycles. The molecule has 7 heteroatoms. The number of nitrogens with zero attached hydrogens (tertiary/aromatic N) is 2. The van der Waals surface area contributed by atoms with Crippen molar-refractivity contribution in [1.82, 2.24) is 15.6 Å². The number of rotatable bonds is 3. The van der Waals surface area contributed by atoms with E-state index in [9.17, 15) is 13.2 Å². The molecule has 1 atom stereocenters. The second kappa shape index (κ2) is 5.33. The molecule has 1 unspecified atom stereocenters. The average molecular weight is 268 g/mol. The number of hydrazine groups is 1. The maximum atomic E-state index is 13.0. The van der Waals surface area contributed by atoms with Crippen LogP contribution in [0.1, 0.15) is 22.7 Å². The summed E-state index contributed by atoms with van der Waals surface area (Å²) < 4.78 is 38.9. The van der Waals surface area contributed by atoms with E-state index in [0.29, 0.717) is 5.56 Å². The first-order chi connectivity index (χ1) is 9.04. The van der Waals surface area contributed by atoms with Crippen molar-refractivity contribution in [3.05, 3.63) is 59.4 Å². The summed E-state index contributed by atoms with van der Waals surface area (Å²) in [7, 11) is 0. The maximum absolute atomic E-state index is 13.0. The van der Waals surface area contributed by atoms with E-state index in [1.807, 2.05) is 0 Å². The Morgan fingerprint density at radius 3 is 2.42 bits per heavy atom. The van der Waals surface area contributed by atoms with E-state index in [1.54, 1.807) is 6.07 Å². The molecule has 0 aliphatic carbocycles. The van der Waals surface area contributed by atoms with Gasteiger partial charge in [0.05, 0.1) is 17.8 Å². The third kappa shape index (κ3) is 2.88. The Hall–Kier alpha value is -1.99. The predicted octanol–water partition coefficient (Wildman–Crippen LogP) is 2.05. The summed E-state index contributed by atoms with van der Waals surface area (Å²) in [6.07, 6.45) is -1.67. The van der Waals surface area contributed by atoms with Gasteiger partial charge in [-0.25, -0.2) is 5.43 Å². The number of nitrogens with one attached hydrogen (secondary N) is 1. The molecular formula is C12H11F3N4. The van der Waals surface area contributed by atoms with Gasteiger partial charge in [-0.15, -0.1) is 0 Å². The molecular weight excluding hydrogens is 257 g/mol. The van der Waals surface area contributed by atoms with Gasteiger partial charge in [-0.3, -0.25) is 5.84 Å². The number of benzene rings is 1. The fourth-order valence-electron chi connectivity index (χ4n) is 1.84. The Morgan fingerprint density at radius 1 is 1.11 bits per heavy atom. The zero-order valence-electron chi connectivity index (χ0n) is 9.72.